The summed E-state index contributed by atoms with van der Waals surface area (Å²) in [6.07, 6.45) is 0.351. The van der Waals surface area contributed by atoms with Crippen molar-refractivity contribution in [3.63, 3.8) is 0 Å². The Morgan fingerprint density at radius 2 is 1.36 bits per heavy atom. The van der Waals surface area contributed by atoms with E-state index in [0.717, 1.165) is 23.6 Å². The SMILES string of the molecule is CC(C)Oc1ccc(C(CN(C)C(C)C)OC(C)C)cc1OC(C)C. The highest BCUT2D eigenvalue weighted by atomic mass is 16.5. The van der Waals surface area contributed by atoms with Crippen LogP contribution in [0.5, 0.6) is 11.5 Å². The fourth-order valence-electron chi connectivity index (χ4n) is 2.45. The highest BCUT2D eigenvalue weighted by molar-refractivity contribution is 5.44. The third kappa shape index (κ3) is 7.66. The van der Waals surface area contributed by atoms with Gasteiger partial charge in [-0.1, -0.05) is 6.07 Å². The van der Waals surface area contributed by atoms with Crippen LogP contribution in [0.3, 0.4) is 0 Å². The molecular weight excluding hydrogens is 314 g/mol. The zero-order valence-corrected chi connectivity index (χ0v) is 17.5. The molecule has 1 unspecified atom stereocenters. The van der Waals surface area contributed by atoms with E-state index >= 15 is 0 Å². The highest BCUT2D eigenvalue weighted by Crippen LogP contribution is 2.34. The number of likely N-dealkylation sites (N-methyl/N-ethyl adjacent to an activating group) is 1. The number of hydrogen-bond donors (Lipinski definition) is 0. The second-order valence-electron chi connectivity index (χ2n) is 7.75. The van der Waals surface area contributed by atoms with Gasteiger partial charge in [-0.15, -0.1) is 0 Å². The summed E-state index contributed by atoms with van der Waals surface area (Å²) in [6.45, 7) is 17.5. The first kappa shape index (κ1) is 21.8. The maximum absolute atomic E-state index is 6.20. The number of benzene rings is 1. The molecule has 0 aliphatic heterocycles. The molecule has 1 aromatic rings. The molecule has 0 saturated carbocycles. The van der Waals surface area contributed by atoms with Crippen LogP contribution in [0.2, 0.25) is 0 Å². The molecule has 0 aliphatic rings. The molecule has 0 bridgehead atoms. The zero-order chi connectivity index (χ0) is 19.1. The van der Waals surface area contributed by atoms with Gasteiger partial charge >= 0.3 is 0 Å². The molecular formula is C21H37NO3. The Morgan fingerprint density at radius 3 is 1.84 bits per heavy atom. The Labute approximate surface area is 154 Å². The van der Waals surface area contributed by atoms with Gasteiger partial charge in [0, 0.05) is 12.6 Å². The number of ether oxygens (including phenoxy) is 3. The summed E-state index contributed by atoms with van der Waals surface area (Å²) in [6, 6.07) is 6.62. The van der Waals surface area contributed by atoms with E-state index < -0.39 is 0 Å². The Bertz CT molecular complexity index is 512. The standard InChI is InChI=1S/C21H37NO3/c1-14(2)22(9)13-21(25-17(7)8)18-10-11-19(23-15(3)4)20(12-18)24-16(5)6/h10-12,14-17,21H,13H2,1-9H3. The van der Waals surface area contributed by atoms with Crippen LogP contribution in [-0.4, -0.2) is 42.8 Å². The molecule has 25 heavy (non-hydrogen) atoms. The van der Waals surface area contributed by atoms with E-state index in [2.05, 4.69) is 51.8 Å². The first-order valence-corrected chi connectivity index (χ1v) is 9.43. The predicted molar refractivity (Wildman–Crippen MR) is 105 cm³/mol. The summed E-state index contributed by atoms with van der Waals surface area (Å²) < 4.78 is 18.1. The van der Waals surface area contributed by atoms with Crippen molar-refractivity contribution in [2.24, 2.45) is 0 Å². The molecule has 0 amide bonds. The lowest BCUT2D eigenvalue weighted by molar-refractivity contribution is -0.0141. The number of nitrogens with zero attached hydrogens (tertiary/aromatic N) is 1. The minimum Gasteiger partial charge on any atom is -0.487 e. The third-order valence-electron chi connectivity index (χ3n) is 3.84. The van der Waals surface area contributed by atoms with E-state index in [9.17, 15) is 0 Å². The summed E-state index contributed by atoms with van der Waals surface area (Å²) in [4.78, 5) is 2.30. The van der Waals surface area contributed by atoms with Crippen LogP contribution >= 0.6 is 0 Å². The quantitative estimate of drug-likeness (QED) is 0.589. The topological polar surface area (TPSA) is 30.9 Å². The molecule has 0 saturated heterocycles. The van der Waals surface area contributed by atoms with Crippen molar-refractivity contribution in [1.29, 1.82) is 0 Å². The van der Waals surface area contributed by atoms with Gasteiger partial charge in [-0.25, -0.2) is 0 Å². The van der Waals surface area contributed by atoms with Gasteiger partial charge in [0.2, 0.25) is 0 Å². The van der Waals surface area contributed by atoms with Gasteiger partial charge < -0.3 is 19.1 Å². The van der Waals surface area contributed by atoms with Crippen molar-refractivity contribution in [1.82, 2.24) is 4.90 Å². The molecule has 1 atom stereocenters. The van der Waals surface area contributed by atoms with Crippen molar-refractivity contribution in [3.05, 3.63) is 23.8 Å². The Balaban J connectivity index is 3.15. The van der Waals surface area contributed by atoms with Gasteiger partial charge in [-0.3, -0.25) is 0 Å². The van der Waals surface area contributed by atoms with E-state index in [1.165, 1.54) is 0 Å². The van der Waals surface area contributed by atoms with Gasteiger partial charge in [0.15, 0.2) is 11.5 Å². The molecule has 0 fully saturated rings. The molecule has 0 spiro atoms. The van der Waals surface area contributed by atoms with E-state index in [-0.39, 0.29) is 24.4 Å². The summed E-state index contributed by atoms with van der Waals surface area (Å²) in [5.74, 6) is 1.57. The maximum Gasteiger partial charge on any atom is 0.161 e. The van der Waals surface area contributed by atoms with Gasteiger partial charge in [-0.2, -0.15) is 0 Å². The van der Waals surface area contributed by atoms with Crippen molar-refractivity contribution < 1.29 is 14.2 Å². The van der Waals surface area contributed by atoms with Gasteiger partial charge in [0.1, 0.15) is 0 Å². The lowest BCUT2D eigenvalue weighted by Gasteiger charge is -2.29. The predicted octanol–water partition coefficient (Wildman–Crippen LogP) is 5.07. The van der Waals surface area contributed by atoms with Gasteiger partial charge in [0.25, 0.3) is 0 Å². The molecule has 0 aliphatic carbocycles. The van der Waals surface area contributed by atoms with Crippen molar-refractivity contribution in [2.75, 3.05) is 13.6 Å². The molecule has 4 nitrogen and oxygen atoms in total. The molecule has 0 aromatic heterocycles. The lowest BCUT2D eigenvalue weighted by atomic mass is 10.1. The third-order valence-corrected chi connectivity index (χ3v) is 3.84. The first-order valence-electron chi connectivity index (χ1n) is 9.43. The number of rotatable bonds is 10. The molecule has 0 N–H and O–H groups in total. The Morgan fingerprint density at radius 1 is 0.800 bits per heavy atom. The fourth-order valence-corrected chi connectivity index (χ4v) is 2.45. The molecule has 144 valence electrons. The van der Waals surface area contributed by atoms with E-state index in [4.69, 9.17) is 14.2 Å². The van der Waals surface area contributed by atoms with Gasteiger partial charge in [-0.05, 0) is 80.1 Å². The molecule has 0 heterocycles. The highest BCUT2D eigenvalue weighted by Gasteiger charge is 2.20. The molecule has 4 heteroatoms. The van der Waals surface area contributed by atoms with Crippen LogP contribution in [0.25, 0.3) is 0 Å². The van der Waals surface area contributed by atoms with Crippen LogP contribution in [0, 0.1) is 0 Å². The minimum absolute atomic E-state index is 0.00462. The van der Waals surface area contributed by atoms with E-state index in [1.807, 2.05) is 33.8 Å². The zero-order valence-electron chi connectivity index (χ0n) is 17.5. The first-order chi connectivity index (χ1) is 11.6. The average Bonchev–Trinajstić information content (AvgIpc) is 2.46. The molecule has 1 aromatic carbocycles. The van der Waals surface area contributed by atoms with Crippen LogP contribution in [0.1, 0.15) is 67.1 Å². The largest absolute Gasteiger partial charge is 0.487 e. The maximum atomic E-state index is 6.20. The summed E-state index contributed by atoms with van der Waals surface area (Å²) >= 11 is 0. The monoisotopic (exact) mass is 351 g/mol. The summed E-state index contributed by atoms with van der Waals surface area (Å²) in [5, 5.41) is 0. The summed E-state index contributed by atoms with van der Waals surface area (Å²) in [7, 11) is 2.13. The van der Waals surface area contributed by atoms with Crippen molar-refractivity contribution in [3.8, 4) is 11.5 Å². The summed E-state index contributed by atoms with van der Waals surface area (Å²) in [5.41, 5.74) is 1.12. The lowest BCUT2D eigenvalue weighted by Crippen LogP contribution is -2.32. The average molecular weight is 352 g/mol. The fraction of sp³-hybridized carbons (Fsp3) is 0.714. The Hall–Kier alpha value is -1.26. The second kappa shape index (κ2) is 10.0. The van der Waals surface area contributed by atoms with Crippen LogP contribution in [-0.2, 0) is 4.74 Å². The van der Waals surface area contributed by atoms with Crippen molar-refractivity contribution in [2.45, 2.75) is 85.8 Å². The minimum atomic E-state index is -0.00462. The van der Waals surface area contributed by atoms with Crippen LogP contribution in [0.4, 0.5) is 0 Å². The molecule has 0 radical (unpaired) electrons. The van der Waals surface area contributed by atoms with E-state index in [1.54, 1.807) is 0 Å². The Kier molecular flexibility index (Phi) is 8.74. The normalized spacial score (nSPS) is 13.4. The van der Waals surface area contributed by atoms with Crippen molar-refractivity contribution >= 4 is 0 Å². The smallest absolute Gasteiger partial charge is 0.161 e. The van der Waals surface area contributed by atoms with Crippen LogP contribution < -0.4 is 9.47 Å². The second-order valence-corrected chi connectivity index (χ2v) is 7.75. The van der Waals surface area contributed by atoms with Crippen LogP contribution in [0.15, 0.2) is 18.2 Å². The van der Waals surface area contributed by atoms with E-state index in [0.29, 0.717) is 6.04 Å². The van der Waals surface area contributed by atoms with Gasteiger partial charge in [0.05, 0.1) is 24.4 Å². The molecule has 1 rings (SSSR count). The number of hydrogen-bond acceptors (Lipinski definition) is 4.